The van der Waals surface area contributed by atoms with Gasteiger partial charge in [0.25, 0.3) is 0 Å². The second kappa shape index (κ2) is 12.3. The van der Waals surface area contributed by atoms with Gasteiger partial charge < -0.3 is 10.1 Å². The Hall–Kier alpha value is -3.59. The van der Waals surface area contributed by atoms with Crippen LogP contribution in [0, 0.1) is 29.1 Å². The third-order valence-electron chi connectivity index (χ3n) is 5.96. The topological polar surface area (TPSA) is 155 Å². The van der Waals surface area contributed by atoms with Crippen molar-refractivity contribution in [3.63, 3.8) is 0 Å². The Balaban J connectivity index is 1.78. The Bertz CT molecular complexity index is 1530. The summed E-state index contributed by atoms with van der Waals surface area (Å²) in [5.41, 5.74) is -0.710. The number of nitriles is 1. The van der Waals surface area contributed by atoms with E-state index in [1.807, 2.05) is 6.07 Å². The SMILES string of the molecule is CC#C[C@H](NC[C@@H](CS(=O)(=O)Cc1cccnc1)C(=O)NC1(C#N)CC1)C(F)(F)Oc1ccc(S(C)(=O)=O)cc1. The van der Waals surface area contributed by atoms with Crippen LogP contribution < -0.4 is 15.4 Å². The second-order valence-corrected chi connectivity index (χ2v) is 13.6. The minimum absolute atomic E-state index is 0.0849. The molecule has 10 nitrogen and oxygen atoms in total. The zero-order valence-corrected chi connectivity index (χ0v) is 23.4. The van der Waals surface area contributed by atoms with Gasteiger partial charge in [-0.3, -0.25) is 15.1 Å². The summed E-state index contributed by atoms with van der Waals surface area (Å²) in [6.07, 6.45) is 0.643. The number of hydrogen-bond donors (Lipinski definition) is 2. The van der Waals surface area contributed by atoms with E-state index >= 15 is 8.78 Å². The van der Waals surface area contributed by atoms with Crippen LogP contribution >= 0.6 is 0 Å². The van der Waals surface area contributed by atoms with E-state index in [-0.39, 0.29) is 10.6 Å². The molecule has 40 heavy (non-hydrogen) atoms. The van der Waals surface area contributed by atoms with Gasteiger partial charge in [-0.2, -0.15) is 14.0 Å². The fraction of sp³-hybridized carbons (Fsp3) is 0.423. The average Bonchev–Trinajstić information content (AvgIpc) is 3.65. The van der Waals surface area contributed by atoms with Crippen molar-refractivity contribution in [2.75, 3.05) is 18.6 Å². The number of hydrogen-bond acceptors (Lipinski definition) is 9. The van der Waals surface area contributed by atoms with Gasteiger partial charge in [0.15, 0.2) is 25.7 Å². The van der Waals surface area contributed by atoms with Crippen LogP contribution in [-0.4, -0.2) is 64.0 Å². The Morgan fingerprint density at radius 3 is 2.40 bits per heavy atom. The summed E-state index contributed by atoms with van der Waals surface area (Å²) in [7, 11) is -7.46. The van der Waals surface area contributed by atoms with Crippen molar-refractivity contribution in [3.8, 4) is 23.7 Å². The van der Waals surface area contributed by atoms with Gasteiger partial charge in [0.2, 0.25) is 5.91 Å². The van der Waals surface area contributed by atoms with Crippen LogP contribution in [-0.2, 0) is 30.2 Å². The molecule has 0 unspecified atom stereocenters. The van der Waals surface area contributed by atoms with Gasteiger partial charge in [-0.05, 0) is 55.7 Å². The van der Waals surface area contributed by atoms with E-state index in [1.165, 1.54) is 19.3 Å². The number of rotatable bonds is 13. The van der Waals surface area contributed by atoms with Gasteiger partial charge in [0.05, 0.1) is 28.4 Å². The number of aromatic nitrogens is 1. The van der Waals surface area contributed by atoms with Crippen molar-refractivity contribution < 1.29 is 35.1 Å². The van der Waals surface area contributed by atoms with Gasteiger partial charge in [0.1, 0.15) is 11.3 Å². The lowest BCUT2D eigenvalue weighted by molar-refractivity contribution is -0.187. The molecule has 1 aliphatic rings. The molecule has 0 aliphatic heterocycles. The van der Waals surface area contributed by atoms with E-state index in [1.54, 1.807) is 12.1 Å². The molecule has 2 aromatic rings. The van der Waals surface area contributed by atoms with Crippen molar-refractivity contribution in [1.29, 1.82) is 5.26 Å². The van der Waals surface area contributed by atoms with Gasteiger partial charge >= 0.3 is 6.11 Å². The summed E-state index contributed by atoms with van der Waals surface area (Å²) in [4.78, 5) is 16.8. The predicted molar refractivity (Wildman–Crippen MR) is 141 cm³/mol. The van der Waals surface area contributed by atoms with Crippen LogP contribution in [0.25, 0.3) is 0 Å². The molecule has 2 N–H and O–H groups in total. The molecule has 1 aromatic carbocycles. The first-order chi connectivity index (χ1) is 18.7. The van der Waals surface area contributed by atoms with E-state index < -0.39 is 67.2 Å². The second-order valence-electron chi connectivity index (χ2n) is 9.44. The maximum Gasteiger partial charge on any atom is 0.425 e. The maximum absolute atomic E-state index is 15.1. The molecular weight excluding hydrogens is 566 g/mol. The Labute approximate surface area is 232 Å². The zero-order chi connectivity index (χ0) is 29.6. The molecule has 1 amide bonds. The van der Waals surface area contributed by atoms with Crippen LogP contribution in [0.4, 0.5) is 8.78 Å². The molecule has 1 aliphatic carbocycles. The molecule has 0 spiro atoms. The minimum atomic E-state index is -3.96. The van der Waals surface area contributed by atoms with Crippen LogP contribution in [0.5, 0.6) is 5.75 Å². The van der Waals surface area contributed by atoms with Gasteiger partial charge in [-0.1, -0.05) is 12.0 Å². The summed E-state index contributed by atoms with van der Waals surface area (Å²) in [6.45, 7) is 0.795. The van der Waals surface area contributed by atoms with E-state index in [4.69, 9.17) is 4.74 Å². The highest BCUT2D eigenvalue weighted by atomic mass is 32.2. The highest BCUT2D eigenvalue weighted by Gasteiger charge is 2.47. The zero-order valence-electron chi connectivity index (χ0n) is 21.7. The van der Waals surface area contributed by atoms with Crippen molar-refractivity contribution >= 4 is 25.6 Å². The smallest absolute Gasteiger partial charge is 0.425 e. The number of nitrogens with one attached hydrogen (secondary N) is 2. The van der Waals surface area contributed by atoms with Gasteiger partial charge in [-0.25, -0.2) is 16.8 Å². The third kappa shape index (κ3) is 8.71. The molecule has 1 aromatic heterocycles. The lowest BCUT2D eigenvalue weighted by Crippen LogP contribution is -2.52. The van der Waals surface area contributed by atoms with Crippen molar-refractivity contribution in [2.45, 2.75) is 48.1 Å². The number of pyridine rings is 1. The van der Waals surface area contributed by atoms with Gasteiger partial charge in [-0.15, -0.1) is 5.92 Å². The molecule has 0 radical (unpaired) electrons. The van der Waals surface area contributed by atoms with Crippen molar-refractivity contribution in [2.24, 2.45) is 5.92 Å². The lowest BCUT2D eigenvalue weighted by atomic mass is 10.1. The molecule has 0 bridgehead atoms. The molecule has 14 heteroatoms. The average molecular weight is 595 g/mol. The molecule has 214 valence electrons. The summed E-state index contributed by atoms with van der Waals surface area (Å²) in [6, 6.07) is 7.50. The normalized spacial score (nSPS) is 16.0. The fourth-order valence-electron chi connectivity index (χ4n) is 3.69. The number of carbonyl (C=O) groups is 1. The lowest BCUT2D eigenvalue weighted by Gasteiger charge is -2.26. The fourth-order valence-corrected chi connectivity index (χ4v) is 6.00. The highest BCUT2D eigenvalue weighted by molar-refractivity contribution is 7.91. The number of sulfone groups is 2. The number of alkyl halides is 2. The number of amides is 1. The van der Waals surface area contributed by atoms with E-state index in [9.17, 15) is 26.9 Å². The number of ether oxygens (including phenoxy) is 1. The molecule has 0 saturated heterocycles. The largest absolute Gasteiger partial charge is 0.431 e. The molecular formula is C26H28F2N4O6S2. The maximum atomic E-state index is 15.1. The number of nitrogens with zero attached hydrogens (tertiary/aromatic N) is 2. The number of halogens is 2. The molecule has 1 saturated carbocycles. The van der Waals surface area contributed by atoms with E-state index in [2.05, 4.69) is 27.5 Å². The van der Waals surface area contributed by atoms with Crippen LogP contribution in [0.1, 0.15) is 25.3 Å². The molecule has 1 fully saturated rings. The van der Waals surface area contributed by atoms with Gasteiger partial charge in [0, 0.05) is 25.2 Å². The number of carbonyl (C=O) groups excluding carboxylic acids is 1. The van der Waals surface area contributed by atoms with Crippen LogP contribution in [0.3, 0.4) is 0 Å². The quantitative estimate of drug-likeness (QED) is 0.331. The first kappa shape index (κ1) is 30.9. The molecule has 2 atom stereocenters. The summed E-state index contributed by atoms with van der Waals surface area (Å²) >= 11 is 0. The van der Waals surface area contributed by atoms with Crippen LogP contribution in [0.2, 0.25) is 0 Å². The Morgan fingerprint density at radius 1 is 1.20 bits per heavy atom. The van der Waals surface area contributed by atoms with Crippen molar-refractivity contribution in [1.82, 2.24) is 15.6 Å². The molecule has 3 rings (SSSR count). The number of benzene rings is 1. The van der Waals surface area contributed by atoms with Crippen molar-refractivity contribution in [3.05, 3.63) is 54.4 Å². The first-order valence-electron chi connectivity index (χ1n) is 12.0. The third-order valence-corrected chi connectivity index (χ3v) is 8.77. The minimum Gasteiger partial charge on any atom is -0.431 e. The first-order valence-corrected chi connectivity index (χ1v) is 15.8. The predicted octanol–water partition coefficient (Wildman–Crippen LogP) is 1.84. The molecule has 1 heterocycles. The monoisotopic (exact) mass is 594 g/mol. The van der Waals surface area contributed by atoms with E-state index in [0.717, 1.165) is 30.5 Å². The highest BCUT2D eigenvalue weighted by Crippen LogP contribution is 2.34. The Morgan fingerprint density at radius 2 is 1.88 bits per heavy atom. The van der Waals surface area contributed by atoms with E-state index in [0.29, 0.717) is 18.4 Å². The summed E-state index contributed by atoms with van der Waals surface area (Å²) < 4.78 is 84.2. The standard InChI is InChI=1S/C26H28F2N4O6S2/c1-3-5-23(26(27,28)38-21-7-9-22(10-8-21)39(2,34)35)31-15-20(24(33)32-25(18-29)11-12-25)17-40(36,37)16-19-6-4-13-30-14-19/h4,6-10,13-14,20,23,31H,11-12,15-17H2,1-2H3,(H,32,33)/t20-,23-/m0/s1. The summed E-state index contributed by atoms with van der Waals surface area (Å²) in [5, 5.41) is 14.3. The summed E-state index contributed by atoms with van der Waals surface area (Å²) in [5.74, 6) is 1.08. The van der Waals surface area contributed by atoms with Crippen LogP contribution in [0.15, 0.2) is 53.7 Å². The Kier molecular flexibility index (Phi) is 9.51.